The highest BCUT2D eigenvalue weighted by molar-refractivity contribution is 5.75. The highest BCUT2D eigenvalue weighted by Gasteiger charge is 2.24. The molecule has 0 bridgehead atoms. The summed E-state index contributed by atoms with van der Waals surface area (Å²) in [5.74, 6) is 0.771. The summed E-state index contributed by atoms with van der Waals surface area (Å²) in [6.07, 6.45) is 8.00. The first kappa shape index (κ1) is 19.6. The molecule has 1 saturated carbocycles. The molecule has 0 radical (unpaired) electrons. The molecule has 0 atom stereocenters. The Balaban J connectivity index is 1.60. The molecule has 162 valence electrons. The van der Waals surface area contributed by atoms with Crippen LogP contribution in [0, 0.1) is 6.92 Å². The quantitative estimate of drug-likeness (QED) is 0.643. The number of rotatable bonds is 4. The fourth-order valence-electron chi connectivity index (χ4n) is 5.08. The molecule has 30 heavy (non-hydrogen) atoms. The lowest BCUT2D eigenvalue weighted by molar-refractivity contribution is 0.0361. The Morgan fingerprint density at radius 1 is 1.10 bits per heavy atom. The molecule has 0 N–H and O–H groups in total. The number of ether oxygens (including phenoxy) is 1. The summed E-state index contributed by atoms with van der Waals surface area (Å²) in [6.45, 7) is 6.17. The van der Waals surface area contributed by atoms with Gasteiger partial charge in [-0.3, -0.25) is 23.2 Å². The molecule has 1 aliphatic carbocycles. The van der Waals surface area contributed by atoms with E-state index in [1.54, 1.807) is 7.05 Å². The van der Waals surface area contributed by atoms with Crippen molar-refractivity contribution in [3.8, 4) is 0 Å². The van der Waals surface area contributed by atoms with E-state index in [0.29, 0.717) is 43.5 Å². The predicted molar refractivity (Wildman–Crippen MR) is 114 cm³/mol. The first-order valence-electron chi connectivity index (χ1n) is 11.1. The van der Waals surface area contributed by atoms with E-state index in [9.17, 15) is 9.59 Å². The van der Waals surface area contributed by atoms with Crippen molar-refractivity contribution in [2.24, 2.45) is 7.05 Å². The molecule has 4 heterocycles. The van der Waals surface area contributed by atoms with Gasteiger partial charge >= 0.3 is 5.69 Å². The maximum atomic E-state index is 13.4. The van der Waals surface area contributed by atoms with Crippen molar-refractivity contribution >= 4 is 16.9 Å². The molecule has 3 aromatic rings. The number of nitrogens with zero attached hydrogens (tertiary/aromatic N) is 6. The van der Waals surface area contributed by atoms with E-state index in [0.717, 1.165) is 37.4 Å². The van der Waals surface area contributed by atoms with E-state index < -0.39 is 0 Å². The first-order chi connectivity index (χ1) is 14.6. The van der Waals surface area contributed by atoms with Crippen LogP contribution in [0.4, 0.5) is 0 Å². The molecule has 1 saturated heterocycles. The summed E-state index contributed by atoms with van der Waals surface area (Å²) in [5.41, 5.74) is 1.51. The highest BCUT2D eigenvalue weighted by atomic mass is 16.5. The van der Waals surface area contributed by atoms with Gasteiger partial charge in [-0.15, -0.1) is 0 Å². The fourth-order valence-corrected chi connectivity index (χ4v) is 5.08. The maximum absolute atomic E-state index is 13.4. The zero-order valence-electron chi connectivity index (χ0n) is 17.8. The first-order valence-corrected chi connectivity index (χ1v) is 11.1. The van der Waals surface area contributed by atoms with Crippen LogP contribution in [0.3, 0.4) is 0 Å². The van der Waals surface area contributed by atoms with E-state index in [1.807, 2.05) is 10.6 Å². The Bertz CT molecular complexity index is 1190. The number of aromatic nitrogens is 5. The summed E-state index contributed by atoms with van der Waals surface area (Å²) in [4.78, 5) is 33.3. The molecule has 9 heteroatoms. The van der Waals surface area contributed by atoms with Crippen LogP contribution in [0.25, 0.3) is 16.9 Å². The number of morpholine rings is 1. The van der Waals surface area contributed by atoms with Crippen molar-refractivity contribution in [2.45, 2.75) is 51.6 Å². The van der Waals surface area contributed by atoms with Crippen LogP contribution < -0.4 is 11.2 Å². The van der Waals surface area contributed by atoms with Gasteiger partial charge in [-0.25, -0.2) is 4.79 Å². The fraction of sp³-hybridized carbons (Fsp3) is 0.667. The van der Waals surface area contributed by atoms with Crippen LogP contribution >= 0.6 is 0 Å². The van der Waals surface area contributed by atoms with Crippen LogP contribution in [-0.4, -0.2) is 60.8 Å². The zero-order valence-corrected chi connectivity index (χ0v) is 17.8. The molecule has 0 aromatic carbocycles. The number of imidazole rings is 2. The van der Waals surface area contributed by atoms with Crippen LogP contribution in [0.1, 0.15) is 43.8 Å². The molecular weight excluding hydrogens is 384 g/mol. The second-order valence-corrected chi connectivity index (χ2v) is 8.64. The standard InChI is InChI=1S/C21H30N6O3/c1-15-14-26-17-18(22-20(26)27(15)16-6-4-3-5-7-16)23(2)21(29)25(19(17)28)9-8-24-10-12-30-13-11-24/h14,16H,3-13H2,1-2H3. The molecule has 5 rings (SSSR count). The average molecular weight is 415 g/mol. The average Bonchev–Trinajstić information content (AvgIpc) is 3.28. The van der Waals surface area contributed by atoms with E-state index in [2.05, 4.69) is 16.4 Å². The van der Waals surface area contributed by atoms with Crippen molar-refractivity contribution < 1.29 is 4.74 Å². The maximum Gasteiger partial charge on any atom is 0.332 e. The number of hydrogen-bond donors (Lipinski definition) is 0. The molecular formula is C21H30N6O3. The minimum Gasteiger partial charge on any atom is -0.379 e. The minimum absolute atomic E-state index is 0.255. The summed E-state index contributed by atoms with van der Waals surface area (Å²) in [5, 5.41) is 0. The second kappa shape index (κ2) is 7.70. The van der Waals surface area contributed by atoms with Gasteiger partial charge < -0.3 is 9.30 Å². The monoisotopic (exact) mass is 414 g/mol. The summed E-state index contributed by atoms with van der Waals surface area (Å²) in [6, 6.07) is 0.411. The van der Waals surface area contributed by atoms with Crippen molar-refractivity contribution in [1.29, 1.82) is 0 Å². The van der Waals surface area contributed by atoms with Crippen molar-refractivity contribution in [1.82, 2.24) is 28.0 Å². The van der Waals surface area contributed by atoms with E-state index >= 15 is 0 Å². The summed E-state index contributed by atoms with van der Waals surface area (Å²) >= 11 is 0. The molecule has 9 nitrogen and oxygen atoms in total. The number of fused-ring (bicyclic) bond motifs is 3. The lowest BCUT2D eigenvalue weighted by atomic mass is 9.95. The van der Waals surface area contributed by atoms with Crippen molar-refractivity contribution in [3.63, 3.8) is 0 Å². The lowest BCUT2D eigenvalue weighted by Crippen LogP contribution is -2.44. The van der Waals surface area contributed by atoms with Crippen LogP contribution in [0.5, 0.6) is 0 Å². The van der Waals surface area contributed by atoms with Gasteiger partial charge in [-0.2, -0.15) is 4.98 Å². The van der Waals surface area contributed by atoms with Gasteiger partial charge in [0.15, 0.2) is 11.2 Å². The van der Waals surface area contributed by atoms with Gasteiger partial charge in [0, 0.05) is 51.2 Å². The van der Waals surface area contributed by atoms with E-state index in [1.165, 1.54) is 28.4 Å². The minimum atomic E-state index is -0.303. The second-order valence-electron chi connectivity index (χ2n) is 8.64. The summed E-state index contributed by atoms with van der Waals surface area (Å²) < 4.78 is 12.4. The molecule has 1 aliphatic heterocycles. The molecule has 2 aliphatic rings. The predicted octanol–water partition coefficient (Wildman–Crippen LogP) is 1.30. The Labute approximate surface area is 174 Å². The van der Waals surface area contributed by atoms with Crippen LogP contribution in [0.15, 0.2) is 15.8 Å². The van der Waals surface area contributed by atoms with Gasteiger partial charge in [-0.05, 0) is 19.8 Å². The molecule has 0 amide bonds. The lowest BCUT2D eigenvalue weighted by Gasteiger charge is -2.26. The Kier molecular flexibility index (Phi) is 5.02. The largest absolute Gasteiger partial charge is 0.379 e. The Hall–Kier alpha value is -2.39. The van der Waals surface area contributed by atoms with Crippen LogP contribution in [-0.2, 0) is 18.3 Å². The summed E-state index contributed by atoms with van der Waals surface area (Å²) in [7, 11) is 1.71. The number of hydrogen-bond acceptors (Lipinski definition) is 5. The topological polar surface area (TPSA) is 78.7 Å². The molecule has 0 spiro atoms. The van der Waals surface area contributed by atoms with E-state index in [4.69, 9.17) is 9.72 Å². The van der Waals surface area contributed by atoms with Gasteiger partial charge in [0.2, 0.25) is 5.78 Å². The SMILES string of the molecule is Cc1cn2c3c(=O)n(CCN4CCOCC4)c(=O)n(C)c3nc2n1C1CCCCC1. The molecule has 2 fully saturated rings. The third kappa shape index (κ3) is 3.11. The van der Waals surface area contributed by atoms with Crippen molar-refractivity contribution in [3.05, 3.63) is 32.7 Å². The third-order valence-electron chi connectivity index (χ3n) is 6.75. The zero-order chi connectivity index (χ0) is 20.8. The van der Waals surface area contributed by atoms with Crippen molar-refractivity contribution in [2.75, 3.05) is 32.8 Å². The normalized spacial score (nSPS) is 19.3. The number of aryl methyl sites for hydroxylation is 2. The molecule has 3 aromatic heterocycles. The molecule has 0 unspecified atom stereocenters. The third-order valence-corrected chi connectivity index (χ3v) is 6.75. The van der Waals surface area contributed by atoms with Gasteiger partial charge in [-0.1, -0.05) is 19.3 Å². The Morgan fingerprint density at radius 3 is 2.57 bits per heavy atom. The van der Waals surface area contributed by atoms with Gasteiger partial charge in [0.1, 0.15) is 0 Å². The van der Waals surface area contributed by atoms with Crippen LogP contribution in [0.2, 0.25) is 0 Å². The highest BCUT2D eigenvalue weighted by Crippen LogP contribution is 2.31. The van der Waals surface area contributed by atoms with Gasteiger partial charge in [0.25, 0.3) is 5.56 Å². The van der Waals surface area contributed by atoms with Gasteiger partial charge in [0.05, 0.1) is 13.2 Å². The van der Waals surface area contributed by atoms with E-state index in [-0.39, 0.29) is 11.2 Å². The smallest absolute Gasteiger partial charge is 0.332 e. The Morgan fingerprint density at radius 2 is 1.83 bits per heavy atom.